The highest BCUT2D eigenvalue weighted by atomic mass is 32.2. The van der Waals surface area contributed by atoms with Crippen LogP contribution in [-0.2, 0) is 32.5 Å². The van der Waals surface area contributed by atoms with Crippen molar-refractivity contribution in [2.24, 2.45) is 22.7 Å². The number of anilines is 4. The van der Waals surface area contributed by atoms with E-state index in [0.717, 1.165) is 86.6 Å². The van der Waals surface area contributed by atoms with Crippen LogP contribution in [0.5, 0.6) is 0 Å². The molecule has 2 amide bonds. The third-order valence-electron chi connectivity index (χ3n) is 12.1. The molecular formula is C52H62N4O6S. The Balaban J connectivity index is 1.62. The zero-order chi connectivity index (χ0) is 46.2. The number of amides is 2. The molecule has 63 heavy (non-hydrogen) atoms. The largest absolute Gasteiger partial charge is 0.456 e. The third-order valence-corrected chi connectivity index (χ3v) is 13.0. The number of rotatable bonds is 13. The van der Waals surface area contributed by atoms with Crippen LogP contribution < -0.4 is 21.3 Å². The SMILES string of the molecule is CCCc1c(C)c(/N=c2/ccc3c(-c4ccccc4S(=O)(=O)O)c4ccc(Nc5c(C)c(CC(C)C)c(C)c(NC(=O)C(C)C)c5C)cc4oc-3c2)c(C)c(NC(=O)C(C)C)c1C. The van der Waals surface area contributed by atoms with Gasteiger partial charge in [-0.3, -0.25) is 14.1 Å². The van der Waals surface area contributed by atoms with Gasteiger partial charge in [-0.2, -0.15) is 8.42 Å². The number of hydrogen-bond acceptors (Lipinski definition) is 7. The van der Waals surface area contributed by atoms with Gasteiger partial charge in [-0.15, -0.1) is 0 Å². The van der Waals surface area contributed by atoms with Crippen LogP contribution in [0.15, 0.2) is 75.0 Å². The summed E-state index contributed by atoms with van der Waals surface area (Å²) in [6.45, 7) is 26.3. The normalized spacial score (nSPS) is 12.3. The molecule has 6 rings (SSSR count). The van der Waals surface area contributed by atoms with Gasteiger partial charge in [-0.1, -0.05) is 73.1 Å². The molecule has 0 saturated carbocycles. The van der Waals surface area contributed by atoms with Crippen LogP contribution in [0.25, 0.3) is 33.4 Å². The minimum Gasteiger partial charge on any atom is -0.456 e. The summed E-state index contributed by atoms with van der Waals surface area (Å²) in [7, 11) is -4.62. The smallest absolute Gasteiger partial charge is 0.295 e. The molecule has 4 N–H and O–H groups in total. The summed E-state index contributed by atoms with van der Waals surface area (Å²) in [5.74, 6) is 0.313. The Morgan fingerprint density at radius 3 is 1.90 bits per heavy atom. The molecule has 332 valence electrons. The summed E-state index contributed by atoms with van der Waals surface area (Å²) < 4.78 is 43.0. The van der Waals surface area contributed by atoms with Crippen molar-refractivity contribution in [3.05, 3.63) is 111 Å². The number of hydrogen-bond donors (Lipinski definition) is 4. The van der Waals surface area contributed by atoms with Gasteiger partial charge in [0, 0.05) is 68.8 Å². The highest BCUT2D eigenvalue weighted by molar-refractivity contribution is 7.86. The summed E-state index contributed by atoms with van der Waals surface area (Å²) in [5, 5.41) is 11.3. The molecule has 2 aliphatic rings. The van der Waals surface area contributed by atoms with E-state index in [2.05, 4.69) is 64.4 Å². The molecule has 4 aromatic carbocycles. The summed E-state index contributed by atoms with van der Waals surface area (Å²) in [5.41, 5.74) is 14.2. The Hall–Kier alpha value is -5.78. The third kappa shape index (κ3) is 9.45. The minimum atomic E-state index is -4.62. The van der Waals surface area contributed by atoms with E-state index in [-0.39, 0.29) is 28.5 Å². The number of carbonyl (C=O) groups is 2. The van der Waals surface area contributed by atoms with E-state index in [4.69, 9.17) is 9.41 Å². The second kappa shape index (κ2) is 18.5. The van der Waals surface area contributed by atoms with Crippen molar-refractivity contribution in [1.29, 1.82) is 0 Å². The van der Waals surface area contributed by atoms with Gasteiger partial charge in [-0.25, -0.2) is 4.99 Å². The van der Waals surface area contributed by atoms with Crippen molar-refractivity contribution in [1.82, 2.24) is 0 Å². The van der Waals surface area contributed by atoms with Gasteiger partial charge in [-0.05, 0) is 135 Å². The summed E-state index contributed by atoms with van der Waals surface area (Å²) >= 11 is 0. The first kappa shape index (κ1) is 46.7. The monoisotopic (exact) mass is 870 g/mol. The Morgan fingerprint density at radius 2 is 1.30 bits per heavy atom. The molecule has 0 spiro atoms. The van der Waals surface area contributed by atoms with Crippen LogP contribution in [0.4, 0.5) is 28.4 Å². The van der Waals surface area contributed by atoms with Crippen molar-refractivity contribution in [3.63, 3.8) is 0 Å². The molecule has 0 saturated heterocycles. The first-order valence-corrected chi connectivity index (χ1v) is 23.3. The summed E-state index contributed by atoms with van der Waals surface area (Å²) in [4.78, 5) is 31.0. The maximum atomic E-state index is 13.1. The standard InChI is InChI=1S/C52H62N4O6S/c1-14-17-38-30(8)47(34(12)49(31(38)9)55-51(57)28(4)5)53-36-20-22-39-43(25-36)62-44-26-37(21-23-40(44)46(39)41-18-15-16-19-45(41)63(59,60)61)54-48-32(10)42(24-27(2)3)33(11)50(35(48)13)56-52(58)29(6)7/h15-16,18-23,25-29,54H,14,17,24H2,1-13H3,(H,55,57)(H,56,58)(H,59,60,61)/b53-36-. The lowest BCUT2D eigenvalue weighted by atomic mass is 9.89. The van der Waals surface area contributed by atoms with Crippen molar-refractivity contribution in [2.45, 2.75) is 114 Å². The molecule has 0 fully saturated rings. The highest BCUT2D eigenvalue weighted by Crippen LogP contribution is 2.44. The maximum Gasteiger partial charge on any atom is 0.295 e. The van der Waals surface area contributed by atoms with Crippen molar-refractivity contribution in [2.75, 3.05) is 16.0 Å². The molecule has 0 aromatic heterocycles. The molecule has 0 atom stereocenters. The number of nitrogens with one attached hydrogen (secondary N) is 3. The average Bonchev–Trinajstić information content (AvgIpc) is 3.22. The van der Waals surface area contributed by atoms with E-state index in [1.165, 1.54) is 11.6 Å². The lowest BCUT2D eigenvalue weighted by Crippen LogP contribution is -2.20. The van der Waals surface area contributed by atoms with E-state index in [9.17, 15) is 22.6 Å². The molecule has 1 heterocycles. The van der Waals surface area contributed by atoms with Gasteiger partial charge in [0.05, 0.1) is 11.0 Å². The summed E-state index contributed by atoms with van der Waals surface area (Å²) in [6, 6.07) is 17.7. The first-order valence-electron chi connectivity index (χ1n) is 21.9. The topological polar surface area (TPSA) is 150 Å². The van der Waals surface area contributed by atoms with Gasteiger partial charge in [0.25, 0.3) is 10.1 Å². The fourth-order valence-corrected chi connectivity index (χ4v) is 9.32. The highest BCUT2D eigenvalue weighted by Gasteiger charge is 2.26. The molecule has 11 heteroatoms. The van der Waals surface area contributed by atoms with Gasteiger partial charge in [0.2, 0.25) is 11.8 Å². The quantitative estimate of drug-likeness (QED) is 0.0666. The Kier molecular flexibility index (Phi) is 13.7. The van der Waals surface area contributed by atoms with Crippen molar-refractivity contribution in [3.8, 4) is 22.5 Å². The summed E-state index contributed by atoms with van der Waals surface area (Å²) in [6.07, 6.45) is 2.58. The van der Waals surface area contributed by atoms with E-state index >= 15 is 0 Å². The second-order valence-electron chi connectivity index (χ2n) is 17.9. The molecule has 1 aliphatic carbocycles. The predicted molar refractivity (Wildman–Crippen MR) is 257 cm³/mol. The number of nitrogens with zero attached hydrogens (tertiary/aromatic N) is 1. The molecule has 0 radical (unpaired) electrons. The second-order valence-corrected chi connectivity index (χ2v) is 19.3. The zero-order valence-corrected chi connectivity index (χ0v) is 39.8. The Morgan fingerprint density at radius 1 is 0.698 bits per heavy atom. The van der Waals surface area contributed by atoms with E-state index in [0.29, 0.717) is 44.7 Å². The Bertz CT molecular complexity index is 2920. The predicted octanol–water partition coefficient (Wildman–Crippen LogP) is 12.6. The van der Waals surface area contributed by atoms with Gasteiger partial charge in [0.1, 0.15) is 16.2 Å². The molecule has 4 aromatic rings. The van der Waals surface area contributed by atoms with Crippen LogP contribution in [-0.4, -0.2) is 24.8 Å². The van der Waals surface area contributed by atoms with Crippen LogP contribution in [0.1, 0.15) is 99.4 Å². The molecule has 10 nitrogen and oxygen atoms in total. The van der Waals surface area contributed by atoms with Crippen molar-refractivity contribution < 1.29 is 27.0 Å². The Labute approximate surface area is 372 Å². The maximum absolute atomic E-state index is 13.1. The molecule has 0 unspecified atom stereocenters. The van der Waals surface area contributed by atoms with Crippen LogP contribution in [0.3, 0.4) is 0 Å². The zero-order valence-electron chi connectivity index (χ0n) is 39.0. The number of benzene rings is 5. The van der Waals surface area contributed by atoms with Gasteiger partial charge >= 0.3 is 0 Å². The molecule has 0 bridgehead atoms. The lowest BCUT2D eigenvalue weighted by molar-refractivity contribution is -0.119. The van der Waals surface area contributed by atoms with Crippen LogP contribution >= 0.6 is 0 Å². The molecule has 1 aliphatic heterocycles. The van der Waals surface area contributed by atoms with Gasteiger partial charge in [0.15, 0.2) is 0 Å². The number of fused-ring (bicyclic) bond motifs is 2. The van der Waals surface area contributed by atoms with Crippen LogP contribution in [0, 0.1) is 59.3 Å². The minimum absolute atomic E-state index is 0.0564. The average molecular weight is 871 g/mol. The van der Waals surface area contributed by atoms with Crippen molar-refractivity contribution >= 4 is 61.3 Å². The van der Waals surface area contributed by atoms with Gasteiger partial charge < -0.3 is 20.4 Å². The first-order chi connectivity index (χ1) is 29.6. The fraction of sp³-hybridized carbons (Fsp3) is 0.365. The lowest BCUT2D eigenvalue weighted by Gasteiger charge is -2.25. The molecular weight excluding hydrogens is 809 g/mol. The van der Waals surface area contributed by atoms with Crippen LogP contribution in [0.2, 0.25) is 0 Å². The van der Waals surface area contributed by atoms with E-state index in [1.54, 1.807) is 18.2 Å². The number of carbonyl (C=O) groups excluding carboxylic acids is 2. The van der Waals surface area contributed by atoms with E-state index in [1.807, 2.05) is 77.9 Å². The van der Waals surface area contributed by atoms with E-state index < -0.39 is 10.1 Å². The fourth-order valence-electron chi connectivity index (χ4n) is 8.62.